The minimum absolute atomic E-state index is 0.166. The van der Waals surface area contributed by atoms with Crippen LogP contribution in [-0.4, -0.2) is 22.9 Å². The molecule has 0 saturated carbocycles. The molecule has 3 rings (SSSR count). The number of hydrogen-bond donors (Lipinski definition) is 3. The first-order valence-corrected chi connectivity index (χ1v) is 8.81. The summed E-state index contributed by atoms with van der Waals surface area (Å²) >= 11 is 0. The molecule has 0 radical (unpaired) electrons. The number of fused-ring (bicyclic) bond motifs is 1. The van der Waals surface area contributed by atoms with Crippen molar-refractivity contribution < 1.29 is 10.2 Å². The third kappa shape index (κ3) is 3.47. The zero-order chi connectivity index (χ0) is 17.1. The number of anilines is 1. The van der Waals surface area contributed by atoms with E-state index in [4.69, 9.17) is 5.11 Å². The van der Waals surface area contributed by atoms with Crippen LogP contribution in [0.15, 0.2) is 48.5 Å². The van der Waals surface area contributed by atoms with Gasteiger partial charge in [0.15, 0.2) is 0 Å². The van der Waals surface area contributed by atoms with E-state index in [9.17, 15) is 5.11 Å². The normalized spacial score (nSPS) is 24.1. The number of benzene rings is 2. The van der Waals surface area contributed by atoms with E-state index < -0.39 is 6.10 Å². The summed E-state index contributed by atoms with van der Waals surface area (Å²) < 4.78 is 0. The van der Waals surface area contributed by atoms with E-state index in [1.165, 1.54) is 22.4 Å². The van der Waals surface area contributed by atoms with Gasteiger partial charge in [0, 0.05) is 5.69 Å². The molecule has 24 heavy (non-hydrogen) atoms. The molecule has 0 unspecified atom stereocenters. The number of aliphatic hydroxyl groups excluding tert-OH is 2. The zero-order valence-electron chi connectivity index (χ0n) is 14.4. The molecule has 2 aromatic carbocycles. The molecule has 4 atom stereocenters. The standard InChI is InChI=1S/C21H27NO2/c1-14-8-11-20-19(12-14)15(2)18(10-9-17(24)13-23)21(22-20)16-6-4-3-5-7-16/h3-8,11-12,15,17-18,21-24H,9-10,13H2,1-2H3/t15-,17+,18+,21-/m0/s1. The van der Waals surface area contributed by atoms with Gasteiger partial charge in [-0.1, -0.05) is 55.0 Å². The summed E-state index contributed by atoms with van der Waals surface area (Å²) in [4.78, 5) is 0. The molecule has 128 valence electrons. The zero-order valence-corrected chi connectivity index (χ0v) is 14.4. The quantitative estimate of drug-likeness (QED) is 0.778. The summed E-state index contributed by atoms with van der Waals surface area (Å²) in [6.07, 6.45) is 0.869. The molecule has 1 heterocycles. The van der Waals surface area contributed by atoms with Gasteiger partial charge in [-0.3, -0.25) is 0 Å². The van der Waals surface area contributed by atoms with Crippen molar-refractivity contribution in [2.24, 2.45) is 5.92 Å². The molecule has 3 nitrogen and oxygen atoms in total. The lowest BCUT2D eigenvalue weighted by atomic mass is 9.73. The van der Waals surface area contributed by atoms with Crippen LogP contribution in [0.5, 0.6) is 0 Å². The van der Waals surface area contributed by atoms with Crippen molar-refractivity contribution >= 4 is 5.69 Å². The highest BCUT2D eigenvalue weighted by Gasteiger charge is 2.34. The molecule has 0 aliphatic carbocycles. The molecule has 0 bridgehead atoms. The Kier molecular flexibility index (Phi) is 5.22. The van der Waals surface area contributed by atoms with Crippen LogP contribution >= 0.6 is 0 Å². The largest absolute Gasteiger partial charge is 0.394 e. The van der Waals surface area contributed by atoms with E-state index in [0.29, 0.717) is 18.3 Å². The topological polar surface area (TPSA) is 52.5 Å². The van der Waals surface area contributed by atoms with E-state index in [1.807, 2.05) is 6.07 Å². The Morgan fingerprint density at radius 3 is 2.58 bits per heavy atom. The number of rotatable bonds is 5. The Balaban J connectivity index is 1.93. The predicted octanol–water partition coefficient (Wildman–Crippen LogP) is 4.01. The maximum atomic E-state index is 9.80. The fourth-order valence-corrected chi connectivity index (χ4v) is 3.87. The molecule has 2 aromatic rings. The highest BCUT2D eigenvalue weighted by atomic mass is 16.3. The van der Waals surface area contributed by atoms with Gasteiger partial charge < -0.3 is 15.5 Å². The molecule has 1 aliphatic rings. The Bertz CT molecular complexity index is 671. The van der Waals surface area contributed by atoms with Crippen LogP contribution in [-0.2, 0) is 0 Å². The van der Waals surface area contributed by atoms with E-state index in [0.717, 1.165) is 6.42 Å². The van der Waals surface area contributed by atoms with Gasteiger partial charge in [0.25, 0.3) is 0 Å². The average Bonchev–Trinajstić information content (AvgIpc) is 2.61. The Hall–Kier alpha value is -1.84. The van der Waals surface area contributed by atoms with Gasteiger partial charge in [0.05, 0.1) is 18.8 Å². The molecule has 1 aliphatic heterocycles. The molecule has 0 amide bonds. The summed E-state index contributed by atoms with van der Waals surface area (Å²) in [5.41, 5.74) is 5.11. The lowest BCUT2D eigenvalue weighted by Gasteiger charge is -2.40. The van der Waals surface area contributed by atoms with E-state index in [2.05, 4.69) is 61.6 Å². The van der Waals surface area contributed by atoms with Crippen LogP contribution in [0, 0.1) is 12.8 Å². The van der Waals surface area contributed by atoms with Gasteiger partial charge in [-0.15, -0.1) is 0 Å². The maximum Gasteiger partial charge on any atom is 0.0771 e. The van der Waals surface area contributed by atoms with Gasteiger partial charge in [-0.05, 0) is 48.8 Å². The number of aliphatic hydroxyl groups is 2. The minimum Gasteiger partial charge on any atom is -0.394 e. The van der Waals surface area contributed by atoms with Crippen LogP contribution in [0.25, 0.3) is 0 Å². The molecule has 0 fully saturated rings. The SMILES string of the molecule is Cc1ccc2c(c1)[C@@H](C)[C@@H](CC[C@@H](O)CO)[C@H](c1ccccc1)N2. The third-order valence-corrected chi connectivity index (χ3v) is 5.28. The maximum absolute atomic E-state index is 9.80. The van der Waals surface area contributed by atoms with Gasteiger partial charge >= 0.3 is 0 Å². The predicted molar refractivity (Wildman–Crippen MR) is 98.2 cm³/mol. The second kappa shape index (κ2) is 7.37. The van der Waals surface area contributed by atoms with Crippen molar-refractivity contribution in [3.05, 3.63) is 65.2 Å². The van der Waals surface area contributed by atoms with E-state index in [-0.39, 0.29) is 12.6 Å². The smallest absolute Gasteiger partial charge is 0.0771 e. The van der Waals surface area contributed by atoms with Gasteiger partial charge in [0.2, 0.25) is 0 Å². The van der Waals surface area contributed by atoms with E-state index in [1.54, 1.807) is 0 Å². The fraction of sp³-hybridized carbons (Fsp3) is 0.429. The van der Waals surface area contributed by atoms with Crippen LogP contribution in [0.1, 0.15) is 48.4 Å². The number of hydrogen-bond acceptors (Lipinski definition) is 3. The molecular weight excluding hydrogens is 298 g/mol. The second-order valence-corrected chi connectivity index (χ2v) is 6.99. The first kappa shape index (κ1) is 17.0. The van der Waals surface area contributed by atoms with Crippen LogP contribution in [0.4, 0.5) is 5.69 Å². The molecule has 3 N–H and O–H groups in total. The third-order valence-electron chi connectivity index (χ3n) is 5.28. The van der Waals surface area contributed by atoms with Crippen LogP contribution in [0.2, 0.25) is 0 Å². The second-order valence-electron chi connectivity index (χ2n) is 6.99. The summed E-state index contributed by atoms with van der Waals surface area (Å²) in [5, 5.41) is 22.7. The molecule has 0 aromatic heterocycles. The lowest BCUT2D eigenvalue weighted by molar-refractivity contribution is 0.0800. The summed E-state index contributed by atoms with van der Waals surface area (Å²) in [6.45, 7) is 4.24. The van der Waals surface area contributed by atoms with Crippen molar-refractivity contribution in [1.82, 2.24) is 0 Å². The van der Waals surface area contributed by atoms with Crippen molar-refractivity contribution in [2.75, 3.05) is 11.9 Å². The van der Waals surface area contributed by atoms with Crippen molar-refractivity contribution in [1.29, 1.82) is 0 Å². The van der Waals surface area contributed by atoms with Gasteiger partial charge in [-0.2, -0.15) is 0 Å². The first-order chi connectivity index (χ1) is 11.6. The lowest BCUT2D eigenvalue weighted by Crippen LogP contribution is -2.31. The van der Waals surface area contributed by atoms with Crippen LogP contribution in [0.3, 0.4) is 0 Å². The first-order valence-electron chi connectivity index (χ1n) is 8.81. The van der Waals surface area contributed by atoms with Gasteiger partial charge in [-0.25, -0.2) is 0 Å². The molecular formula is C21H27NO2. The average molecular weight is 325 g/mol. The highest BCUT2D eigenvalue weighted by Crippen LogP contribution is 2.46. The van der Waals surface area contributed by atoms with Crippen molar-refractivity contribution in [3.8, 4) is 0 Å². The molecule has 0 spiro atoms. The van der Waals surface area contributed by atoms with Crippen molar-refractivity contribution in [2.45, 2.75) is 44.8 Å². The highest BCUT2D eigenvalue weighted by molar-refractivity contribution is 5.58. The number of nitrogens with one attached hydrogen (secondary N) is 1. The van der Waals surface area contributed by atoms with Gasteiger partial charge in [0.1, 0.15) is 0 Å². The summed E-state index contributed by atoms with van der Waals surface area (Å²) in [5.74, 6) is 0.778. The molecule has 0 saturated heterocycles. The molecule has 3 heteroatoms. The van der Waals surface area contributed by atoms with Crippen LogP contribution < -0.4 is 5.32 Å². The number of aryl methyl sites for hydroxylation is 1. The summed E-state index contributed by atoms with van der Waals surface area (Å²) in [6, 6.07) is 17.3. The summed E-state index contributed by atoms with van der Waals surface area (Å²) in [7, 11) is 0. The Labute approximate surface area is 144 Å². The minimum atomic E-state index is -0.632. The Morgan fingerprint density at radius 2 is 1.88 bits per heavy atom. The van der Waals surface area contributed by atoms with E-state index >= 15 is 0 Å². The fourth-order valence-electron chi connectivity index (χ4n) is 3.87. The Morgan fingerprint density at radius 1 is 1.12 bits per heavy atom. The van der Waals surface area contributed by atoms with Crippen molar-refractivity contribution in [3.63, 3.8) is 0 Å². The monoisotopic (exact) mass is 325 g/mol.